The Hall–Kier alpha value is -1.24. The van der Waals surface area contributed by atoms with Gasteiger partial charge in [-0.05, 0) is 31.4 Å². The van der Waals surface area contributed by atoms with Gasteiger partial charge in [0, 0.05) is 11.7 Å². The molecule has 0 amide bonds. The van der Waals surface area contributed by atoms with E-state index in [-0.39, 0.29) is 0 Å². The Labute approximate surface area is 79.5 Å². The van der Waals surface area contributed by atoms with Crippen molar-refractivity contribution in [2.75, 3.05) is 5.32 Å². The van der Waals surface area contributed by atoms with Crippen molar-refractivity contribution in [1.82, 2.24) is 0 Å². The minimum atomic E-state index is 0.538. The second kappa shape index (κ2) is 4.13. The Morgan fingerprint density at radius 2 is 2.00 bits per heavy atom. The lowest BCUT2D eigenvalue weighted by molar-refractivity contribution is 0.674. The highest BCUT2D eigenvalue weighted by atomic mass is 14.9. The lowest BCUT2D eigenvalue weighted by Crippen LogP contribution is -2.18. The van der Waals surface area contributed by atoms with E-state index in [0.717, 1.165) is 0 Å². The van der Waals surface area contributed by atoms with Crippen molar-refractivity contribution in [3.63, 3.8) is 0 Å². The van der Waals surface area contributed by atoms with Crippen LogP contribution < -0.4 is 5.32 Å². The summed E-state index contributed by atoms with van der Waals surface area (Å²) < 4.78 is 0. The molecular formula is C12H15N. The molecule has 1 aliphatic carbocycles. The molecule has 0 aliphatic heterocycles. The van der Waals surface area contributed by atoms with E-state index in [1.54, 1.807) is 0 Å². The molecule has 0 bridgehead atoms. The molecule has 1 aromatic carbocycles. The first-order chi connectivity index (χ1) is 6.45. The smallest absolute Gasteiger partial charge is 0.0444 e. The summed E-state index contributed by atoms with van der Waals surface area (Å²) in [4.78, 5) is 0. The van der Waals surface area contributed by atoms with Gasteiger partial charge in [-0.2, -0.15) is 0 Å². The largest absolute Gasteiger partial charge is 0.379 e. The van der Waals surface area contributed by atoms with Gasteiger partial charge in [0.2, 0.25) is 0 Å². The van der Waals surface area contributed by atoms with Crippen LogP contribution in [0.1, 0.15) is 19.3 Å². The van der Waals surface area contributed by atoms with Crippen molar-refractivity contribution in [3.05, 3.63) is 42.5 Å². The summed E-state index contributed by atoms with van der Waals surface area (Å²) >= 11 is 0. The zero-order valence-corrected chi connectivity index (χ0v) is 7.74. The van der Waals surface area contributed by atoms with Crippen LogP contribution in [0, 0.1) is 0 Å². The molecule has 1 aliphatic rings. The molecule has 1 heteroatoms. The zero-order chi connectivity index (χ0) is 8.93. The number of benzene rings is 1. The lowest BCUT2D eigenvalue weighted by atomic mass is 10.0. The number of hydrogen-bond donors (Lipinski definition) is 1. The average molecular weight is 173 g/mol. The van der Waals surface area contributed by atoms with Crippen molar-refractivity contribution in [2.45, 2.75) is 25.3 Å². The molecule has 0 saturated carbocycles. The molecule has 0 saturated heterocycles. The maximum absolute atomic E-state index is 3.49. The predicted octanol–water partition coefficient (Wildman–Crippen LogP) is 3.21. The van der Waals surface area contributed by atoms with Crippen LogP contribution in [0.15, 0.2) is 42.5 Å². The predicted molar refractivity (Wildman–Crippen MR) is 56.8 cm³/mol. The van der Waals surface area contributed by atoms with Gasteiger partial charge >= 0.3 is 0 Å². The maximum Gasteiger partial charge on any atom is 0.0444 e. The maximum atomic E-state index is 3.49. The Balaban J connectivity index is 1.98. The minimum Gasteiger partial charge on any atom is -0.379 e. The summed E-state index contributed by atoms with van der Waals surface area (Å²) in [6, 6.07) is 10.9. The normalized spacial score (nSPS) is 21.4. The van der Waals surface area contributed by atoms with Gasteiger partial charge in [-0.25, -0.2) is 0 Å². The summed E-state index contributed by atoms with van der Waals surface area (Å²) in [6.45, 7) is 0. The Morgan fingerprint density at radius 3 is 2.69 bits per heavy atom. The fourth-order valence-corrected chi connectivity index (χ4v) is 1.68. The highest BCUT2D eigenvalue weighted by Gasteiger charge is 2.06. The first-order valence-electron chi connectivity index (χ1n) is 4.93. The molecule has 0 fully saturated rings. The molecule has 0 aromatic heterocycles. The molecule has 0 radical (unpaired) electrons. The highest BCUT2D eigenvalue weighted by Crippen LogP contribution is 2.15. The number of anilines is 1. The van der Waals surface area contributed by atoms with E-state index in [0.29, 0.717) is 6.04 Å². The lowest BCUT2D eigenvalue weighted by Gasteiger charge is -2.18. The van der Waals surface area contributed by atoms with Crippen LogP contribution in [0.25, 0.3) is 0 Å². The SMILES string of the molecule is C1=C[C@H](Nc2ccccc2)CCC1. The van der Waals surface area contributed by atoms with E-state index < -0.39 is 0 Å². The standard InChI is InChI=1S/C12H15N/c1-3-7-11(8-4-1)13-12-9-5-2-6-10-12/h1,3-5,7-9,12-13H,2,6,10H2/t12-/m0/s1. The van der Waals surface area contributed by atoms with E-state index in [2.05, 4.69) is 41.7 Å². The van der Waals surface area contributed by atoms with Crippen LogP contribution in [-0.4, -0.2) is 6.04 Å². The van der Waals surface area contributed by atoms with Crippen molar-refractivity contribution in [2.24, 2.45) is 0 Å². The number of allylic oxidation sites excluding steroid dienone is 1. The van der Waals surface area contributed by atoms with Crippen LogP contribution in [0.3, 0.4) is 0 Å². The van der Waals surface area contributed by atoms with Gasteiger partial charge < -0.3 is 5.32 Å². The van der Waals surface area contributed by atoms with Gasteiger partial charge in [0.25, 0.3) is 0 Å². The molecule has 1 N–H and O–H groups in total. The minimum absolute atomic E-state index is 0.538. The highest BCUT2D eigenvalue weighted by molar-refractivity contribution is 5.44. The van der Waals surface area contributed by atoms with Crippen molar-refractivity contribution < 1.29 is 0 Å². The Bertz CT molecular complexity index is 276. The molecule has 0 heterocycles. The fourth-order valence-electron chi connectivity index (χ4n) is 1.68. The molecule has 1 atom stereocenters. The first-order valence-corrected chi connectivity index (χ1v) is 4.93. The molecule has 1 nitrogen and oxygen atoms in total. The summed E-state index contributed by atoms with van der Waals surface area (Å²) in [5, 5.41) is 3.49. The van der Waals surface area contributed by atoms with Gasteiger partial charge in [0.1, 0.15) is 0 Å². The molecule has 0 spiro atoms. The van der Waals surface area contributed by atoms with E-state index in [9.17, 15) is 0 Å². The molecule has 1 aromatic rings. The van der Waals surface area contributed by atoms with E-state index in [1.807, 2.05) is 6.07 Å². The summed E-state index contributed by atoms with van der Waals surface area (Å²) in [7, 11) is 0. The van der Waals surface area contributed by atoms with Gasteiger partial charge in [0.15, 0.2) is 0 Å². The second-order valence-electron chi connectivity index (χ2n) is 3.48. The Morgan fingerprint density at radius 1 is 1.15 bits per heavy atom. The quantitative estimate of drug-likeness (QED) is 0.677. The number of rotatable bonds is 2. The van der Waals surface area contributed by atoms with Crippen LogP contribution in [0.5, 0.6) is 0 Å². The number of hydrogen-bond acceptors (Lipinski definition) is 1. The number of para-hydroxylation sites is 1. The molecular weight excluding hydrogens is 158 g/mol. The first kappa shape index (κ1) is 8.36. The Kier molecular flexibility index (Phi) is 2.65. The van der Waals surface area contributed by atoms with Crippen LogP contribution in [-0.2, 0) is 0 Å². The molecule has 2 rings (SSSR count). The third-order valence-corrected chi connectivity index (χ3v) is 2.38. The molecule has 0 unspecified atom stereocenters. The van der Waals surface area contributed by atoms with Gasteiger partial charge in [0.05, 0.1) is 0 Å². The molecule has 13 heavy (non-hydrogen) atoms. The third-order valence-electron chi connectivity index (χ3n) is 2.38. The van der Waals surface area contributed by atoms with Crippen LogP contribution >= 0.6 is 0 Å². The van der Waals surface area contributed by atoms with E-state index >= 15 is 0 Å². The van der Waals surface area contributed by atoms with Gasteiger partial charge in [-0.1, -0.05) is 30.4 Å². The summed E-state index contributed by atoms with van der Waals surface area (Å²) in [5.74, 6) is 0. The molecule has 68 valence electrons. The average Bonchev–Trinajstić information content (AvgIpc) is 2.21. The summed E-state index contributed by atoms with van der Waals surface area (Å²) in [5.41, 5.74) is 1.22. The zero-order valence-electron chi connectivity index (χ0n) is 7.74. The second-order valence-corrected chi connectivity index (χ2v) is 3.48. The van der Waals surface area contributed by atoms with Gasteiger partial charge in [-0.15, -0.1) is 0 Å². The van der Waals surface area contributed by atoms with E-state index in [4.69, 9.17) is 0 Å². The number of nitrogens with one attached hydrogen (secondary N) is 1. The summed E-state index contributed by atoms with van der Waals surface area (Å²) in [6.07, 6.45) is 8.35. The topological polar surface area (TPSA) is 12.0 Å². The van der Waals surface area contributed by atoms with Gasteiger partial charge in [-0.3, -0.25) is 0 Å². The monoisotopic (exact) mass is 173 g/mol. The third kappa shape index (κ3) is 2.35. The van der Waals surface area contributed by atoms with Crippen molar-refractivity contribution in [1.29, 1.82) is 0 Å². The van der Waals surface area contributed by atoms with Crippen molar-refractivity contribution >= 4 is 5.69 Å². The van der Waals surface area contributed by atoms with Crippen LogP contribution in [0.2, 0.25) is 0 Å². The van der Waals surface area contributed by atoms with E-state index in [1.165, 1.54) is 24.9 Å². The van der Waals surface area contributed by atoms with Crippen LogP contribution in [0.4, 0.5) is 5.69 Å². The van der Waals surface area contributed by atoms with Crippen molar-refractivity contribution in [3.8, 4) is 0 Å². The fraction of sp³-hybridized carbons (Fsp3) is 0.333.